The summed E-state index contributed by atoms with van der Waals surface area (Å²) < 4.78 is 1.68. The van der Waals surface area contributed by atoms with E-state index < -0.39 is 5.91 Å². The maximum Gasteiger partial charge on any atom is 0.266 e. The van der Waals surface area contributed by atoms with Gasteiger partial charge in [0, 0.05) is 11.5 Å². The zero-order valence-corrected chi connectivity index (χ0v) is 10.0. The lowest BCUT2D eigenvalue weighted by Gasteiger charge is -2.14. The molecular weight excluding hydrogens is 190 g/mol. The highest BCUT2D eigenvalue weighted by molar-refractivity contribution is 5.91. The molecule has 0 aliphatic heterocycles. The van der Waals surface area contributed by atoms with Crippen molar-refractivity contribution in [1.82, 2.24) is 9.78 Å². The van der Waals surface area contributed by atoms with Gasteiger partial charge in [0.15, 0.2) is 0 Å². The van der Waals surface area contributed by atoms with Gasteiger partial charge in [-0.2, -0.15) is 5.10 Å². The maximum atomic E-state index is 11.2. The van der Waals surface area contributed by atoms with Crippen LogP contribution in [-0.2, 0) is 5.41 Å². The van der Waals surface area contributed by atoms with Crippen LogP contribution in [0.1, 0.15) is 56.8 Å². The minimum atomic E-state index is -0.424. The van der Waals surface area contributed by atoms with Gasteiger partial charge in [-0.3, -0.25) is 9.48 Å². The Morgan fingerprint density at radius 3 is 2.27 bits per heavy atom. The second-order valence-corrected chi connectivity index (χ2v) is 5.07. The summed E-state index contributed by atoms with van der Waals surface area (Å²) in [7, 11) is 0. The molecule has 4 heteroatoms. The molecule has 15 heavy (non-hydrogen) atoms. The number of carbonyl (C=O) groups excluding carboxylic acids is 1. The quantitative estimate of drug-likeness (QED) is 0.808. The van der Waals surface area contributed by atoms with E-state index in [4.69, 9.17) is 5.73 Å². The second-order valence-electron chi connectivity index (χ2n) is 5.07. The Balaban J connectivity index is 3.28. The molecule has 0 aliphatic rings. The number of amides is 1. The van der Waals surface area contributed by atoms with Crippen molar-refractivity contribution >= 4 is 5.91 Å². The lowest BCUT2D eigenvalue weighted by atomic mass is 9.92. The number of aromatic nitrogens is 2. The van der Waals surface area contributed by atoms with Crippen LogP contribution in [0.3, 0.4) is 0 Å². The highest BCUT2D eigenvalue weighted by atomic mass is 16.1. The summed E-state index contributed by atoms with van der Waals surface area (Å²) in [5.74, 6) is -0.424. The van der Waals surface area contributed by atoms with Gasteiger partial charge in [-0.15, -0.1) is 0 Å². The minimum absolute atomic E-state index is 0.0651. The zero-order chi connectivity index (χ0) is 11.8. The third-order valence-electron chi connectivity index (χ3n) is 2.25. The van der Waals surface area contributed by atoms with E-state index in [1.165, 1.54) is 0 Å². The first-order valence-corrected chi connectivity index (χ1v) is 5.13. The number of hydrogen-bond donors (Lipinski definition) is 1. The molecule has 1 aromatic heterocycles. The molecule has 0 bridgehead atoms. The number of nitrogens with zero attached hydrogens (tertiary/aromatic N) is 2. The highest BCUT2D eigenvalue weighted by Crippen LogP contribution is 2.23. The molecule has 0 saturated heterocycles. The molecule has 2 N–H and O–H groups in total. The van der Waals surface area contributed by atoms with Crippen LogP contribution in [-0.4, -0.2) is 15.7 Å². The van der Waals surface area contributed by atoms with Crippen molar-refractivity contribution in [2.24, 2.45) is 5.73 Å². The number of primary amides is 1. The van der Waals surface area contributed by atoms with Crippen LogP contribution in [0.15, 0.2) is 6.07 Å². The van der Waals surface area contributed by atoms with E-state index in [1.54, 1.807) is 10.7 Å². The van der Waals surface area contributed by atoms with Gasteiger partial charge in [0.25, 0.3) is 5.91 Å². The summed E-state index contributed by atoms with van der Waals surface area (Å²) in [5.41, 5.74) is 6.62. The van der Waals surface area contributed by atoms with Gasteiger partial charge < -0.3 is 5.73 Å². The van der Waals surface area contributed by atoms with Crippen molar-refractivity contribution < 1.29 is 4.79 Å². The van der Waals surface area contributed by atoms with E-state index in [0.717, 1.165) is 5.69 Å². The van der Waals surface area contributed by atoms with Gasteiger partial charge in [-0.1, -0.05) is 20.8 Å². The van der Waals surface area contributed by atoms with Crippen LogP contribution in [0.5, 0.6) is 0 Å². The van der Waals surface area contributed by atoms with Crippen LogP contribution in [0.4, 0.5) is 0 Å². The first kappa shape index (κ1) is 11.8. The van der Waals surface area contributed by atoms with Crippen molar-refractivity contribution in [3.8, 4) is 0 Å². The predicted octanol–water partition coefficient (Wildman–Crippen LogP) is 1.86. The van der Waals surface area contributed by atoms with E-state index >= 15 is 0 Å². The molecular formula is C11H19N3O. The summed E-state index contributed by atoms with van der Waals surface area (Å²) in [6, 6.07) is 1.92. The Hall–Kier alpha value is -1.32. The Bertz CT molecular complexity index is 372. The molecule has 0 unspecified atom stereocenters. The highest BCUT2D eigenvalue weighted by Gasteiger charge is 2.22. The van der Waals surface area contributed by atoms with Gasteiger partial charge in [0.1, 0.15) is 5.69 Å². The van der Waals surface area contributed by atoms with Gasteiger partial charge in [-0.25, -0.2) is 0 Å². The number of nitrogens with two attached hydrogens (primary N) is 1. The lowest BCUT2D eigenvalue weighted by Crippen LogP contribution is -2.19. The Labute approximate surface area is 90.5 Å². The van der Waals surface area contributed by atoms with Gasteiger partial charge >= 0.3 is 0 Å². The first-order chi connectivity index (χ1) is 6.73. The van der Waals surface area contributed by atoms with Crippen molar-refractivity contribution in [2.45, 2.75) is 46.1 Å². The largest absolute Gasteiger partial charge is 0.364 e. The van der Waals surface area contributed by atoms with Crippen LogP contribution in [0, 0.1) is 0 Å². The van der Waals surface area contributed by atoms with E-state index in [0.29, 0.717) is 5.69 Å². The summed E-state index contributed by atoms with van der Waals surface area (Å²) in [6.45, 7) is 10.1. The normalized spacial score (nSPS) is 12.1. The molecule has 0 fully saturated rings. The van der Waals surface area contributed by atoms with Crippen molar-refractivity contribution in [2.75, 3.05) is 0 Å². The van der Waals surface area contributed by atoms with E-state index in [2.05, 4.69) is 25.9 Å². The van der Waals surface area contributed by atoms with Crippen LogP contribution in [0.25, 0.3) is 0 Å². The number of carbonyl (C=O) groups is 1. The van der Waals surface area contributed by atoms with Crippen molar-refractivity contribution in [3.63, 3.8) is 0 Å². The van der Waals surface area contributed by atoms with E-state index in [-0.39, 0.29) is 11.5 Å². The molecule has 0 saturated carbocycles. The Morgan fingerprint density at radius 1 is 1.47 bits per heavy atom. The number of hydrogen-bond acceptors (Lipinski definition) is 2. The summed E-state index contributed by atoms with van der Waals surface area (Å²) in [5, 5.41) is 4.42. The fourth-order valence-corrected chi connectivity index (χ4v) is 1.34. The molecule has 84 valence electrons. The van der Waals surface area contributed by atoms with E-state index in [1.807, 2.05) is 13.8 Å². The molecule has 0 radical (unpaired) electrons. The van der Waals surface area contributed by atoms with Crippen LogP contribution in [0.2, 0.25) is 0 Å². The smallest absolute Gasteiger partial charge is 0.266 e. The first-order valence-electron chi connectivity index (χ1n) is 5.13. The molecule has 0 atom stereocenters. The van der Waals surface area contributed by atoms with Gasteiger partial charge in [0.05, 0.1) is 5.69 Å². The van der Waals surface area contributed by atoms with Crippen molar-refractivity contribution in [1.29, 1.82) is 0 Å². The third kappa shape index (κ3) is 2.37. The van der Waals surface area contributed by atoms with Crippen LogP contribution >= 0.6 is 0 Å². The SMILES string of the molecule is CC(C)n1nc(C(C)(C)C)cc1C(N)=O. The molecule has 0 aliphatic carbocycles. The minimum Gasteiger partial charge on any atom is -0.364 e. The van der Waals surface area contributed by atoms with Crippen molar-refractivity contribution in [3.05, 3.63) is 17.5 Å². The monoisotopic (exact) mass is 209 g/mol. The second kappa shape index (κ2) is 3.68. The molecule has 1 aromatic rings. The molecule has 0 spiro atoms. The number of rotatable bonds is 2. The maximum absolute atomic E-state index is 11.2. The summed E-state index contributed by atoms with van der Waals surface area (Å²) in [6.07, 6.45) is 0. The molecule has 4 nitrogen and oxygen atoms in total. The molecule has 0 aromatic carbocycles. The standard InChI is InChI=1S/C11H19N3O/c1-7(2)14-8(10(12)15)6-9(13-14)11(3,4)5/h6-7H,1-5H3,(H2,12,15). The van der Waals surface area contributed by atoms with E-state index in [9.17, 15) is 4.79 Å². The molecule has 1 rings (SSSR count). The summed E-state index contributed by atoms with van der Waals surface area (Å²) in [4.78, 5) is 11.2. The van der Waals surface area contributed by atoms with Gasteiger partial charge in [-0.05, 0) is 19.9 Å². The average molecular weight is 209 g/mol. The Kier molecular flexibility index (Phi) is 2.88. The van der Waals surface area contributed by atoms with Crippen LogP contribution < -0.4 is 5.73 Å². The average Bonchev–Trinajstić information content (AvgIpc) is 2.45. The summed E-state index contributed by atoms with van der Waals surface area (Å²) >= 11 is 0. The fraction of sp³-hybridized carbons (Fsp3) is 0.636. The predicted molar refractivity (Wildman–Crippen MR) is 59.8 cm³/mol. The molecule has 1 heterocycles. The lowest BCUT2D eigenvalue weighted by molar-refractivity contribution is 0.0988. The topological polar surface area (TPSA) is 60.9 Å². The Morgan fingerprint density at radius 2 is 2.00 bits per heavy atom. The third-order valence-corrected chi connectivity index (χ3v) is 2.25. The fourth-order valence-electron chi connectivity index (χ4n) is 1.34. The molecule has 1 amide bonds. The zero-order valence-electron chi connectivity index (χ0n) is 10.0. The van der Waals surface area contributed by atoms with Gasteiger partial charge in [0.2, 0.25) is 0 Å².